The van der Waals surface area contributed by atoms with Crippen LogP contribution < -0.4 is 5.32 Å². The normalized spacial score (nSPS) is 13.7. The second-order valence-electron chi connectivity index (χ2n) is 7.34. The van der Waals surface area contributed by atoms with Gasteiger partial charge in [0.2, 0.25) is 5.91 Å². The number of amides is 1. The lowest BCUT2D eigenvalue weighted by Crippen LogP contribution is -2.34. The van der Waals surface area contributed by atoms with Crippen molar-refractivity contribution in [1.82, 2.24) is 19.9 Å². The average molecular weight is 393 g/mol. The number of nitrogens with one attached hydrogen (secondary N) is 2. The summed E-state index contributed by atoms with van der Waals surface area (Å²) < 4.78 is 2.09. The molecule has 0 saturated carbocycles. The monoisotopic (exact) mass is 392 g/mol. The zero-order valence-corrected chi connectivity index (χ0v) is 16.8. The van der Waals surface area contributed by atoms with Gasteiger partial charge < -0.3 is 14.9 Å². The molecule has 1 amide bonds. The van der Waals surface area contributed by atoms with Gasteiger partial charge >= 0.3 is 0 Å². The molecule has 0 bridgehead atoms. The molecule has 0 aliphatic heterocycles. The molecule has 0 aliphatic rings. The van der Waals surface area contributed by atoms with E-state index >= 15 is 0 Å². The summed E-state index contributed by atoms with van der Waals surface area (Å²) in [6, 6.07) is 13.8. The van der Waals surface area contributed by atoms with Gasteiger partial charge in [-0.05, 0) is 52.6 Å². The fourth-order valence-corrected chi connectivity index (χ4v) is 4.20. The van der Waals surface area contributed by atoms with E-state index in [0.717, 1.165) is 22.4 Å². The highest BCUT2D eigenvalue weighted by molar-refractivity contribution is 7.08. The zero-order chi connectivity index (χ0) is 19.5. The SMILES string of the molecule is CC(C)[C@H](NC(=O)C[C@@H](c1ccsc1)n1cccc1)c1nc2ccccc2[nH]1. The number of imidazole rings is 1. The molecule has 4 rings (SSSR count). The highest BCUT2D eigenvalue weighted by Gasteiger charge is 2.24. The molecular weight excluding hydrogens is 368 g/mol. The van der Waals surface area contributed by atoms with E-state index in [0.29, 0.717) is 6.42 Å². The summed E-state index contributed by atoms with van der Waals surface area (Å²) in [7, 11) is 0. The van der Waals surface area contributed by atoms with Crippen molar-refractivity contribution >= 4 is 28.3 Å². The van der Waals surface area contributed by atoms with E-state index in [9.17, 15) is 4.79 Å². The van der Waals surface area contributed by atoms with Gasteiger partial charge in [0.05, 0.1) is 29.5 Å². The van der Waals surface area contributed by atoms with Crippen molar-refractivity contribution in [3.8, 4) is 0 Å². The van der Waals surface area contributed by atoms with Crippen molar-refractivity contribution in [3.05, 3.63) is 77.0 Å². The van der Waals surface area contributed by atoms with Gasteiger partial charge in [-0.2, -0.15) is 11.3 Å². The summed E-state index contributed by atoms with van der Waals surface area (Å²) in [5, 5.41) is 7.36. The predicted molar refractivity (Wildman–Crippen MR) is 113 cm³/mol. The van der Waals surface area contributed by atoms with Crippen LogP contribution in [0.4, 0.5) is 0 Å². The van der Waals surface area contributed by atoms with Crippen LogP contribution in [0.25, 0.3) is 11.0 Å². The quantitative estimate of drug-likeness (QED) is 0.469. The number of para-hydroxylation sites is 2. The number of benzene rings is 1. The van der Waals surface area contributed by atoms with E-state index in [1.165, 1.54) is 0 Å². The number of thiophene rings is 1. The standard InChI is InChI=1S/C22H24N4OS/c1-15(2)21(22-23-17-7-3-4-8-18(17)24-22)25-20(27)13-19(16-9-12-28-14-16)26-10-5-6-11-26/h3-12,14-15,19,21H,13H2,1-2H3,(H,23,24)(H,25,27)/t19-,21-/m0/s1. The number of fused-ring (bicyclic) bond motifs is 1. The number of hydrogen-bond acceptors (Lipinski definition) is 3. The molecule has 2 N–H and O–H groups in total. The lowest BCUT2D eigenvalue weighted by atomic mass is 10.0. The van der Waals surface area contributed by atoms with Crippen molar-refractivity contribution in [3.63, 3.8) is 0 Å². The Bertz CT molecular complexity index is 967. The molecule has 6 heteroatoms. The predicted octanol–water partition coefficient (Wildman–Crippen LogP) is 4.92. The Hall–Kier alpha value is -2.86. The molecule has 4 aromatic rings. The Labute approximate surface area is 168 Å². The molecule has 28 heavy (non-hydrogen) atoms. The van der Waals surface area contributed by atoms with Crippen LogP contribution in [0.2, 0.25) is 0 Å². The number of aromatic nitrogens is 3. The van der Waals surface area contributed by atoms with Crippen molar-refractivity contribution in [1.29, 1.82) is 0 Å². The number of hydrogen-bond donors (Lipinski definition) is 2. The number of rotatable bonds is 7. The van der Waals surface area contributed by atoms with Gasteiger partial charge in [-0.25, -0.2) is 4.98 Å². The van der Waals surface area contributed by atoms with Crippen LogP contribution in [0.5, 0.6) is 0 Å². The number of carbonyl (C=O) groups excluding carboxylic acids is 1. The van der Waals surface area contributed by atoms with Gasteiger partial charge in [0, 0.05) is 12.4 Å². The maximum atomic E-state index is 13.0. The minimum Gasteiger partial charge on any atom is -0.346 e. The minimum atomic E-state index is -0.160. The number of aromatic amines is 1. The Morgan fingerprint density at radius 1 is 1.18 bits per heavy atom. The number of carbonyl (C=O) groups is 1. The first kappa shape index (κ1) is 18.5. The highest BCUT2D eigenvalue weighted by atomic mass is 32.1. The van der Waals surface area contributed by atoms with Crippen molar-refractivity contribution in [2.75, 3.05) is 0 Å². The van der Waals surface area contributed by atoms with Gasteiger partial charge in [0.1, 0.15) is 5.82 Å². The molecule has 0 fully saturated rings. The smallest absolute Gasteiger partial charge is 0.223 e. The van der Waals surface area contributed by atoms with Crippen LogP contribution in [-0.4, -0.2) is 20.4 Å². The van der Waals surface area contributed by atoms with Gasteiger partial charge in [0.25, 0.3) is 0 Å². The van der Waals surface area contributed by atoms with Gasteiger partial charge in [-0.1, -0.05) is 26.0 Å². The second kappa shape index (κ2) is 8.02. The Morgan fingerprint density at radius 2 is 1.96 bits per heavy atom. The molecule has 0 radical (unpaired) electrons. The van der Waals surface area contributed by atoms with Crippen molar-refractivity contribution < 1.29 is 4.79 Å². The topological polar surface area (TPSA) is 62.7 Å². The van der Waals surface area contributed by atoms with E-state index < -0.39 is 0 Å². The fourth-order valence-electron chi connectivity index (χ4n) is 3.49. The molecule has 3 heterocycles. The summed E-state index contributed by atoms with van der Waals surface area (Å²) in [6.45, 7) is 4.20. The third kappa shape index (κ3) is 3.87. The third-order valence-electron chi connectivity index (χ3n) is 4.98. The number of nitrogens with zero attached hydrogens (tertiary/aromatic N) is 2. The molecule has 0 aliphatic carbocycles. The van der Waals surface area contributed by atoms with Crippen molar-refractivity contribution in [2.24, 2.45) is 5.92 Å². The number of H-pyrrole nitrogens is 1. The van der Waals surface area contributed by atoms with Crippen LogP contribution >= 0.6 is 11.3 Å². The average Bonchev–Trinajstić information content (AvgIpc) is 3.45. The Kier molecular flexibility index (Phi) is 5.30. The van der Waals surface area contributed by atoms with Crippen molar-refractivity contribution in [2.45, 2.75) is 32.4 Å². The van der Waals surface area contributed by atoms with E-state index in [1.54, 1.807) is 11.3 Å². The van der Waals surface area contributed by atoms with E-state index in [-0.39, 0.29) is 23.9 Å². The Morgan fingerprint density at radius 3 is 2.64 bits per heavy atom. The molecule has 0 spiro atoms. The van der Waals surface area contributed by atoms with E-state index in [2.05, 4.69) is 45.5 Å². The highest BCUT2D eigenvalue weighted by Crippen LogP contribution is 2.26. The fraction of sp³-hybridized carbons (Fsp3) is 0.273. The largest absolute Gasteiger partial charge is 0.346 e. The lowest BCUT2D eigenvalue weighted by Gasteiger charge is -2.23. The first-order valence-corrected chi connectivity index (χ1v) is 10.4. The molecule has 3 aromatic heterocycles. The first-order chi connectivity index (χ1) is 13.6. The summed E-state index contributed by atoms with van der Waals surface area (Å²) in [5.41, 5.74) is 3.06. The maximum Gasteiger partial charge on any atom is 0.223 e. The Balaban J connectivity index is 1.54. The first-order valence-electron chi connectivity index (χ1n) is 9.50. The van der Waals surface area contributed by atoms with Crippen LogP contribution in [0.1, 0.15) is 43.7 Å². The minimum absolute atomic E-state index is 0.00950. The molecule has 0 unspecified atom stereocenters. The van der Waals surface area contributed by atoms with Gasteiger partial charge in [-0.3, -0.25) is 4.79 Å². The van der Waals surface area contributed by atoms with Crippen LogP contribution in [-0.2, 0) is 4.79 Å². The van der Waals surface area contributed by atoms with Gasteiger partial charge in [-0.15, -0.1) is 0 Å². The maximum absolute atomic E-state index is 13.0. The van der Waals surface area contributed by atoms with Crippen LogP contribution in [0, 0.1) is 5.92 Å². The zero-order valence-electron chi connectivity index (χ0n) is 16.0. The van der Waals surface area contributed by atoms with Gasteiger partial charge in [0.15, 0.2) is 0 Å². The second-order valence-corrected chi connectivity index (χ2v) is 8.12. The molecule has 5 nitrogen and oxygen atoms in total. The summed E-state index contributed by atoms with van der Waals surface area (Å²) >= 11 is 1.65. The molecule has 0 saturated heterocycles. The lowest BCUT2D eigenvalue weighted by molar-refractivity contribution is -0.122. The molecular formula is C22H24N4OS. The summed E-state index contributed by atoms with van der Waals surface area (Å²) in [6.07, 6.45) is 4.40. The third-order valence-corrected chi connectivity index (χ3v) is 5.68. The molecule has 1 aromatic carbocycles. The van der Waals surface area contributed by atoms with Crippen LogP contribution in [0.3, 0.4) is 0 Å². The summed E-state index contributed by atoms with van der Waals surface area (Å²) in [4.78, 5) is 21.0. The molecule has 2 atom stereocenters. The molecule has 144 valence electrons. The summed E-state index contributed by atoms with van der Waals surface area (Å²) in [5.74, 6) is 1.04. The van der Waals surface area contributed by atoms with E-state index in [1.807, 2.05) is 48.8 Å². The van der Waals surface area contributed by atoms with Crippen LogP contribution in [0.15, 0.2) is 65.6 Å². The van der Waals surface area contributed by atoms with E-state index in [4.69, 9.17) is 4.98 Å².